The van der Waals surface area contributed by atoms with Gasteiger partial charge < -0.3 is 20.4 Å². The average molecular weight is 565 g/mol. The minimum absolute atomic E-state index is 0.00632. The molecule has 1 heterocycles. The van der Waals surface area contributed by atoms with E-state index >= 15 is 0 Å². The van der Waals surface area contributed by atoms with Gasteiger partial charge in [-0.2, -0.15) is 0 Å². The average Bonchev–Trinajstić information content (AvgIpc) is 3.00. The molecule has 0 aromatic heterocycles. The largest absolute Gasteiger partial charge is 0.362 e. The third-order valence-electron chi connectivity index (χ3n) is 7.98. The molecule has 3 rings (SSSR count). The molecule has 0 spiro atoms. The number of benzene rings is 2. The Hall–Kier alpha value is -3.19. The van der Waals surface area contributed by atoms with Gasteiger partial charge in [0.15, 0.2) is 5.54 Å². The molecule has 7 heteroatoms. The summed E-state index contributed by atoms with van der Waals surface area (Å²) in [6, 6.07) is 18.0. The molecule has 1 saturated heterocycles. The van der Waals surface area contributed by atoms with Crippen molar-refractivity contribution < 1.29 is 14.4 Å². The third-order valence-corrected chi connectivity index (χ3v) is 7.98. The van der Waals surface area contributed by atoms with Crippen molar-refractivity contribution in [1.29, 1.82) is 0 Å². The summed E-state index contributed by atoms with van der Waals surface area (Å²) in [4.78, 5) is 40.7. The fraction of sp³-hybridized carbons (Fsp3) is 0.559. The Morgan fingerprint density at radius 2 is 1.46 bits per heavy atom. The van der Waals surface area contributed by atoms with Crippen LogP contribution in [0.2, 0.25) is 0 Å². The van der Waals surface area contributed by atoms with Crippen LogP contribution in [0.1, 0.15) is 88.8 Å². The van der Waals surface area contributed by atoms with Gasteiger partial charge in [0, 0.05) is 33.6 Å². The minimum Gasteiger partial charge on any atom is -0.362 e. The van der Waals surface area contributed by atoms with Crippen LogP contribution in [0.25, 0.3) is 0 Å². The second kappa shape index (κ2) is 18.3. The topological polar surface area (TPSA) is 81.8 Å². The van der Waals surface area contributed by atoms with E-state index in [1.807, 2.05) is 37.1 Å². The van der Waals surface area contributed by atoms with E-state index in [1.165, 1.54) is 37.7 Å². The third kappa shape index (κ3) is 9.42. The molecule has 226 valence electrons. The first kappa shape index (κ1) is 34.0. The molecule has 1 fully saturated rings. The van der Waals surface area contributed by atoms with Gasteiger partial charge in [0.2, 0.25) is 12.3 Å². The summed E-state index contributed by atoms with van der Waals surface area (Å²) in [7, 11) is 3.37. The highest BCUT2D eigenvalue weighted by atomic mass is 16.2. The molecule has 0 saturated carbocycles. The Balaban J connectivity index is 0.00000138. The van der Waals surface area contributed by atoms with Gasteiger partial charge in [-0.25, -0.2) is 0 Å². The van der Waals surface area contributed by atoms with Crippen molar-refractivity contribution in [3.63, 3.8) is 0 Å². The van der Waals surface area contributed by atoms with Crippen molar-refractivity contribution in [3.05, 3.63) is 71.3 Å². The van der Waals surface area contributed by atoms with E-state index in [2.05, 4.69) is 60.9 Å². The lowest BCUT2D eigenvalue weighted by Gasteiger charge is -2.51. The summed E-state index contributed by atoms with van der Waals surface area (Å²) in [5, 5.41) is 5.74. The molecule has 1 aliphatic heterocycles. The predicted molar refractivity (Wildman–Crippen MR) is 167 cm³/mol. The maximum absolute atomic E-state index is 14.4. The molecule has 7 nitrogen and oxygen atoms in total. The number of nitrogens with zero attached hydrogens (tertiary/aromatic N) is 2. The molecule has 2 N–H and O–H groups in total. The molecule has 0 bridgehead atoms. The lowest BCUT2D eigenvalue weighted by Crippen LogP contribution is -2.69. The van der Waals surface area contributed by atoms with Crippen molar-refractivity contribution in [2.24, 2.45) is 0 Å². The number of carbonyl (C=O) groups excluding carboxylic acids is 3. The summed E-state index contributed by atoms with van der Waals surface area (Å²) < 4.78 is 0. The zero-order chi connectivity index (χ0) is 30.1. The number of carbonyl (C=O) groups is 3. The smallest absolute Gasteiger partial charge is 0.254 e. The maximum atomic E-state index is 14.4. The fourth-order valence-electron chi connectivity index (χ4n) is 5.45. The summed E-state index contributed by atoms with van der Waals surface area (Å²) in [6.45, 7) is 8.72. The molecule has 0 aliphatic carbocycles. The highest BCUT2D eigenvalue weighted by Crippen LogP contribution is 2.39. The van der Waals surface area contributed by atoms with Crippen LogP contribution in [-0.2, 0) is 32.9 Å². The molecule has 2 atom stereocenters. The van der Waals surface area contributed by atoms with E-state index in [1.54, 1.807) is 11.9 Å². The van der Waals surface area contributed by atoms with Crippen molar-refractivity contribution >= 4 is 18.2 Å². The quantitative estimate of drug-likeness (QED) is 0.211. The number of likely N-dealkylation sites (N-methyl/N-ethyl adjacent to an activating group) is 1. The number of nitrogens with one attached hydrogen (secondary N) is 2. The van der Waals surface area contributed by atoms with Crippen LogP contribution in [0.4, 0.5) is 0 Å². The van der Waals surface area contributed by atoms with Crippen molar-refractivity contribution in [2.45, 2.75) is 96.7 Å². The van der Waals surface area contributed by atoms with E-state index in [9.17, 15) is 9.59 Å². The van der Waals surface area contributed by atoms with Gasteiger partial charge in [-0.05, 0) is 43.0 Å². The van der Waals surface area contributed by atoms with Crippen LogP contribution in [0.15, 0.2) is 54.6 Å². The Morgan fingerprint density at radius 3 is 2.07 bits per heavy atom. The van der Waals surface area contributed by atoms with Crippen molar-refractivity contribution in [3.8, 4) is 0 Å². The summed E-state index contributed by atoms with van der Waals surface area (Å²) in [5.41, 5.74) is 2.06. The lowest BCUT2D eigenvalue weighted by atomic mass is 9.78. The first-order chi connectivity index (χ1) is 19.9. The SMILES string of the molecule is CCCCCCCCN1C(=O)[C@](Cc2ccccc2)(c2ccc(CNCCCC)cc2)N(C)C(=O)[C@@H]1C.CNC=O. The van der Waals surface area contributed by atoms with Crippen LogP contribution in [0.3, 0.4) is 0 Å². The maximum Gasteiger partial charge on any atom is 0.254 e. The van der Waals surface area contributed by atoms with Gasteiger partial charge >= 0.3 is 0 Å². The Morgan fingerprint density at radius 1 is 0.854 bits per heavy atom. The molecule has 0 unspecified atom stereocenters. The molecule has 3 amide bonds. The van der Waals surface area contributed by atoms with Gasteiger partial charge in [-0.3, -0.25) is 14.4 Å². The lowest BCUT2D eigenvalue weighted by molar-refractivity contribution is -0.169. The van der Waals surface area contributed by atoms with Crippen LogP contribution in [0.5, 0.6) is 0 Å². The molecule has 2 aromatic carbocycles. The second-order valence-corrected chi connectivity index (χ2v) is 11.0. The van der Waals surface area contributed by atoms with Crippen molar-refractivity contribution in [2.75, 3.05) is 27.2 Å². The van der Waals surface area contributed by atoms with E-state index < -0.39 is 11.6 Å². The zero-order valence-electron chi connectivity index (χ0n) is 26.0. The van der Waals surface area contributed by atoms with E-state index in [4.69, 9.17) is 4.79 Å². The fourth-order valence-corrected chi connectivity index (χ4v) is 5.45. The number of piperazine rings is 1. The zero-order valence-corrected chi connectivity index (χ0v) is 26.0. The first-order valence-corrected chi connectivity index (χ1v) is 15.4. The molecule has 1 aliphatic rings. The highest BCUT2D eigenvalue weighted by molar-refractivity contribution is 6.00. The number of rotatable bonds is 16. The molecule has 0 radical (unpaired) electrons. The predicted octanol–water partition coefficient (Wildman–Crippen LogP) is 5.43. The van der Waals surface area contributed by atoms with E-state index in [-0.39, 0.29) is 11.8 Å². The van der Waals surface area contributed by atoms with E-state index in [0.717, 1.165) is 43.5 Å². The summed E-state index contributed by atoms with van der Waals surface area (Å²) >= 11 is 0. The van der Waals surface area contributed by atoms with Crippen LogP contribution in [-0.4, -0.2) is 61.3 Å². The minimum atomic E-state index is -1.05. The van der Waals surface area contributed by atoms with Crippen molar-refractivity contribution in [1.82, 2.24) is 20.4 Å². The van der Waals surface area contributed by atoms with Crippen LogP contribution in [0, 0.1) is 0 Å². The van der Waals surface area contributed by atoms with Crippen LogP contribution >= 0.6 is 0 Å². The number of amides is 3. The Kier molecular flexibility index (Phi) is 15.2. The number of hydrogen-bond donors (Lipinski definition) is 2. The number of unbranched alkanes of at least 4 members (excludes halogenated alkanes) is 6. The monoisotopic (exact) mass is 564 g/mol. The van der Waals surface area contributed by atoms with Crippen LogP contribution < -0.4 is 10.6 Å². The van der Waals surface area contributed by atoms with Gasteiger partial charge in [0.25, 0.3) is 5.91 Å². The van der Waals surface area contributed by atoms with Gasteiger partial charge in [0.05, 0.1) is 0 Å². The van der Waals surface area contributed by atoms with E-state index in [0.29, 0.717) is 19.4 Å². The highest BCUT2D eigenvalue weighted by Gasteiger charge is 2.54. The summed E-state index contributed by atoms with van der Waals surface area (Å²) in [6.07, 6.45) is 10.3. The molecular weight excluding hydrogens is 512 g/mol. The Labute approximate surface area is 248 Å². The molecular formula is C34H52N4O3. The Bertz CT molecular complexity index is 1040. The summed E-state index contributed by atoms with van der Waals surface area (Å²) in [5.74, 6) is 0.0418. The van der Waals surface area contributed by atoms with Gasteiger partial charge in [-0.1, -0.05) is 107 Å². The molecule has 2 aromatic rings. The normalized spacial score (nSPS) is 18.6. The van der Waals surface area contributed by atoms with Gasteiger partial charge in [0.1, 0.15) is 6.04 Å². The van der Waals surface area contributed by atoms with Gasteiger partial charge in [-0.15, -0.1) is 0 Å². The second-order valence-electron chi connectivity index (χ2n) is 11.0. The standard InChI is InChI=1S/C32H47N3O2.C2H5NO/c1-5-7-9-10-11-15-23-35-26(3)30(36)34(4)32(31(35)37,24-27-16-13-12-14-17-27)29-20-18-28(19-21-29)25-33-22-8-6-2;1-3-2-4/h12-14,16-21,26,33H,5-11,15,22-25H2,1-4H3;2H,1H3,(H,3,4)/t26-,32-;/m0./s1. The first-order valence-electron chi connectivity index (χ1n) is 15.4. The number of hydrogen-bond acceptors (Lipinski definition) is 4. The molecule has 41 heavy (non-hydrogen) atoms.